The van der Waals surface area contributed by atoms with E-state index in [9.17, 15) is 9.90 Å². The predicted molar refractivity (Wildman–Crippen MR) is 107 cm³/mol. The van der Waals surface area contributed by atoms with Crippen molar-refractivity contribution >= 4 is 28.8 Å². The number of aliphatic imine (C=N–C) groups is 1. The van der Waals surface area contributed by atoms with Gasteiger partial charge in [-0.2, -0.15) is 0 Å². The summed E-state index contributed by atoms with van der Waals surface area (Å²) < 4.78 is 5.01. The predicted octanol–water partition coefficient (Wildman–Crippen LogP) is 3.86. The molecule has 1 heterocycles. The molecule has 6 heteroatoms. The van der Waals surface area contributed by atoms with Crippen LogP contribution in [0.25, 0.3) is 10.9 Å². The smallest absolute Gasteiger partial charge is 0.338 e. The molecule has 3 rings (SSSR count). The van der Waals surface area contributed by atoms with Gasteiger partial charge in [0.25, 0.3) is 0 Å². The quantitative estimate of drug-likeness (QED) is 0.514. The number of fused-ring (bicyclic) bond motifs is 1. The van der Waals surface area contributed by atoms with E-state index >= 15 is 0 Å². The Morgan fingerprint density at radius 3 is 2.63 bits per heavy atom. The Kier molecular flexibility index (Phi) is 5.57. The maximum Gasteiger partial charge on any atom is 0.338 e. The zero-order valence-electron chi connectivity index (χ0n) is 15.7. The lowest BCUT2D eigenvalue weighted by molar-refractivity contribution is 0.0526. The summed E-state index contributed by atoms with van der Waals surface area (Å²) in [5.74, 6) is -0.375. The van der Waals surface area contributed by atoms with Crippen LogP contribution in [0.1, 0.15) is 28.4 Å². The molecule has 0 bridgehead atoms. The van der Waals surface area contributed by atoms with Crippen molar-refractivity contribution in [2.45, 2.75) is 13.5 Å². The molecule has 6 nitrogen and oxygen atoms in total. The monoisotopic (exact) mass is 365 g/mol. The van der Waals surface area contributed by atoms with Crippen LogP contribution in [0.3, 0.4) is 0 Å². The second-order valence-corrected chi connectivity index (χ2v) is 6.53. The molecule has 0 radical (unpaired) electrons. The molecule has 140 valence electrons. The topological polar surface area (TPSA) is 77.9 Å². The molecule has 1 aromatic heterocycles. The van der Waals surface area contributed by atoms with Gasteiger partial charge in [0.05, 0.1) is 23.4 Å². The van der Waals surface area contributed by atoms with Gasteiger partial charge in [-0.25, -0.2) is 4.79 Å². The Bertz CT molecular complexity index is 972. The molecule has 0 fully saturated rings. The molecule has 0 aliphatic rings. The minimum absolute atomic E-state index is 0.0130. The second-order valence-electron chi connectivity index (χ2n) is 6.53. The van der Waals surface area contributed by atoms with Gasteiger partial charge in [-0.3, -0.25) is 4.99 Å². The number of hydrogen-bond donors (Lipinski definition) is 2. The maximum atomic E-state index is 11.9. The molecule has 0 amide bonds. The largest absolute Gasteiger partial charge is 0.494 e. The van der Waals surface area contributed by atoms with Crippen molar-refractivity contribution in [2.24, 2.45) is 4.99 Å². The van der Waals surface area contributed by atoms with Gasteiger partial charge in [0, 0.05) is 23.7 Å². The van der Waals surface area contributed by atoms with Crippen molar-refractivity contribution in [1.29, 1.82) is 0 Å². The van der Waals surface area contributed by atoms with Gasteiger partial charge in [0.1, 0.15) is 0 Å². The molecule has 0 aliphatic heterocycles. The number of rotatable bonds is 6. The summed E-state index contributed by atoms with van der Waals surface area (Å²) in [7, 11) is 4.05. The molecular formula is C21H23N3O3. The molecule has 3 aromatic rings. The van der Waals surface area contributed by atoms with Crippen LogP contribution < -0.4 is 0 Å². The van der Waals surface area contributed by atoms with Gasteiger partial charge >= 0.3 is 5.97 Å². The van der Waals surface area contributed by atoms with E-state index in [0.717, 1.165) is 17.6 Å². The van der Waals surface area contributed by atoms with Crippen molar-refractivity contribution in [3.8, 4) is 5.88 Å². The first-order chi connectivity index (χ1) is 13.0. The fraction of sp³-hybridized carbons (Fsp3) is 0.238. The summed E-state index contributed by atoms with van der Waals surface area (Å²) in [4.78, 5) is 21.3. The minimum Gasteiger partial charge on any atom is -0.494 e. The average Bonchev–Trinajstić information content (AvgIpc) is 2.95. The van der Waals surface area contributed by atoms with Gasteiger partial charge in [-0.15, -0.1) is 0 Å². The summed E-state index contributed by atoms with van der Waals surface area (Å²) in [6, 6.07) is 13.1. The molecule has 0 spiro atoms. The molecule has 0 saturated carbocycles. The van der Waals surface area contributed by atoms with Crippen molar-refractivity contribution in [1.82, 2.24) is 9.88 Å². The standard InChI is InChI=1S/C21H23N3O3/c1-4-27-21(26)15-7-10-17-18(20(25)23-19(17)11-15)12-22-16-8-5-14(6-9-16)13-24(2)3/h5-12,23,25H,4,13H2,1-3H3. The number of nitrogens with one attached hydrogen (secondary N) is 1. The lowest BCUT2D eigenvalue weighted by Gasteiger charge is -2.09. The highest BCUT2D eigenvalue weighted by Crippen LogP contribution is 2.27. The van der Waals surface area contributed by atoms with Crippen molar-refractivity contribution in [2.75, 3.05) is 20.7 Å². The summed E-state index contributed by atoms with van der Waals surface area (Å²) in [6.07, 6.45) is 1.62. The molecular weight excluding hydrogens is 342 g/mol. The lowest BCUT2D eigenvalue weighted by atomic mass is 10.1. The fourth-order valence-electron chi connectivity index (χ4n) is 2.87. The summed E-state index contributed by atoms with van der Waals surface area (Å²) >= 11 is 0. The molecule has 0 unspecified atom stereocenters. The first-order valence-electron chi connectivity index (χ1n) is 8.77. The van der Waals surface area contributed by atoms with Crippen LogP contribution in [0, 0.1) is 0 Å². The molecule has 0 aliphatic carbocycles. The second kappa shape index (κ2) is 8.05. The van der Waals surface area contributed by atoms with Gasteiger partial charge in [-0.1, -0.05) is 18.2 Å². The van der Waals surface area contributed by atoms with E-state index in [1.54, 1.807) is 31.3 Å². The number of aromatic nitrogens is 1. The van der Waals surface area contributed by atoms with Crippen molar-refractivity contribution < 1.29 is 14.6 Å². The number of aromatic amines is 1. The van der Waals surface area contributed by atoms with Crippen LogP contribution in [-0.2, 0) is 11.3 Å². The van der Waals surface area contributed by atoms with Crippen molar-refractivity contribution in [3.05, 3.63) is 59.2 Å². The van der Waals surface area contributed by atoms with E-state index in [-0.39, 0.29) is 11.8 Å². The van der Waals surface area contributed by atoms with Crippen LogP contribution in [0.2, 0.25) is 0 Å². The zero-order valence-corrected chi connectivity index (χ0v) is 15.7. The number of carbonyl (C=O) groups is 1. The van der Waals surface area contributed by atoms with Gasteiger partial charge < -0.3 is 19.7 Å². The van der Waals surface area contributed by atoms with E-state index in [2.05, 4.69) is 14.9 Å². The Labute approximate surface area is 158 Å². The molecule has 2 aromatic carbocycles. The van der Waals surface area contributed by atoms with Gasteiger partial charge in [0.2, 0.25) is 0 Å². The Morgan fingerprint density at radius 1 is 1.22 bits per heavy atom. The Morgan fingerprint density at radius 2 is 1.96 bits per heavy atom. The highest BCUT2D eigenvalue weighted by atomic mass is 16.5. The van der Waals surface area contributed by atoms with Gasteiger partial charge in [0.15, 0.2) is 5.88 Å². The summed E-state index contributed by atoms with van der Waals surface area (Å²) in [5, 5.41) is 11.0. The summed E-state index contributed by atoms with van der Waals surface area (Å²) in [6.45, 7) is 2.95. The average molecular weight is 365 g/mol. The number of aromatic hydroxyl groups is 1. The number of H-pyrrole nitrogens is 1. The van der Waals surface area contributed by atoms with Crippen LogP contribution in [0.5, 0.6) is 5.88 Å². The lowest BCUT2D eigenvalue weighted by Crippen LogP contribution is -2.10. The number of hydrogen-bond acceptors (Lipinski definition) is 5. The third kappa shape index (κ3) is 4.35. The third-order valence-corrected chi connectivity index (χ3v) is 4.11. The number of nitrogens with zero attached hydrogens (tertiary/aromatic N) is 2. The highest BCUT2D eigenvalue weighted by molar-refractivity contribution is 6.04. The van der Waals surface area contributed by atoms with E-state index in [4.69, 9.17) is 4.74 Å². The SMILES string of the molecule is CCOC(=O)c1ccc2c(C=Nc3ccc(CN(C)C)cc3)c(O)[nH]c2c1. The molecule has 0 atom stereocenters. The zero-order chi connectivity index (χ0) is 19.4. The van der Waals surface area contributed by atoms with E-state index < -0.39 is 0 Å². The number of ether oxygens (including phenoxy) is 1. The fourth-order valence-corrected chi connectivity index (χ4v) is 2.87. The van der Waals surface area contributed by atoms with Crippen molar-refractivity contribution in [3.63, 3.8) is 0 Å². The Hall–Kier alpha value is -3.12. The van der Waals surface area contributed by atoms with Crippen LogP contribution in [-0.4, -0.2) is 47.9 Å². The van der Waals surface area contributed by atoms with Crippen LogP contribution in [0.4, 0.5) is 5.69 Å². The minimum atomic E-state index is -0.387. The van der Waals surface area contributed by atoms with E-state index in [1.165, 1.54) is 5.56 Å². The normalized spacial score (nSPS) is 11.6. The number of benzene rings is 2. The van der Waals surface area contributed by atoms with E-state index in [0.29, 0.717) is 23.3 Å². The Balaban J connectivity index is 1.85. The molecule has 0 saturated heterocycles. The van der Waals surface area contributed by atoms with Crippen LogP contribution >= 0.6 is 0 Å². The molecule has 27 heavy (non-hydrogen) atoms. The number of esters is 1. The first-order valence-corrected chi connectivity index (χ1v) is 8.77. The molecule has 2 N–H and O–H groups in total. The number of carbonyl (C=O) groups excluding carboxylic acids is 1. The van der Waals surface area contributed by atoms with E-state index in [1.807, 2.05) is 38.4 Å². The first kappa shape index (κ1) is 18.7. The maximum absolute atomic E-state index is 11.9. The van der Waals surface area contributed by atoms with Crippen LogP contribution in [0.15, 0.2) is 47.5 Å². The van der Waals surface area contributed by atoms with Gasteiger partial charge in [-0.05, 0) is 50.8 Å². The summed E-state index contributed by atoms with van der Waals surface area (Å²) in [5.41, 5.74) is 3.68. The highest BCUT2D eigenvalue weighted by Gasteiger charge is 2.13. The third-order valence-electron chi connectivity index (χ3n) is 4.11.